The highest BCUT2D eigenvalue weighted by molar-refractivity contribution is 5.99. The maximum absolute atomic E-state index is 13.4. The standard InChI is InChI=1S/C29H37N3O4/c1-18-5-8-21(12-26(18)35-4)31-27(33)20-6-9-22(10-7-20)32-14-25-19(2)11-23(13-24(25)28(32)34)36-17-29(3)15-30-16-29/h5,8,11-13,20,22,30H,6-7,9-10,14-17H2,1-4H3,(H,31,33). The molecule has 1 saturated carbocycles. The topological polar surface area (TPSA) is 79.9 Å². The van der Waals surface area contributed by atoms with E-state index in [0.717, 1.165) is 78.2 Å². The lowest BCUT2D eigenvalue weighted by Crippen LogP contribution is -2.54. The van der Waals surface area contributed by atoms with Gasteiger partial charge in [0.15, 0.2) is 0 Å². The van der Waals surface area contributed by atoms with Crippen LogP contribution >= 0.6 is 0 Å². The predicted octanol–water partition coefficient (Wildman–Crippen LogP) is 4.45. The summed E-state index contributed by atoms with van der Waals surface area (Å²) in [5.74, 6) is 1.64. The van der Waals surface area contributed by atoms with Gasteiger partial charge >= 0.3 is 0 Å². The quantitative estimate of drug-likeness (QED) is 0.598. The van der Waals surface area contributed by atoms with Crippen molar-refractivity contribution in [3.05, 3.63) is 52.6 Å². The molecule has 2 aliphatic heterocycles. The molecule has 0 radical (unpaired) electrons. The molecule has 2 aromatic rings. The van der Waals surface area contributed by atoms with E-state index in [9.17, 15) is 9.59 Å². The van der Waals surface area contributed by atoms with E-state index in [1.807, 2.05) is 36.1 Å². The molecule has 3 aliphatic rings. The Morgan fingerprint density at radius 3 is 2.53 bits per heavy atom. The lowest BCUT2D eigenvalue weighted by Gasteiger charge is -2.38. The van der Waals surface area contributed by atoms with Crippen molar-refractivity contribution in [2.75, 3.05) is 32.1 Å². The number of hydrogen-bond acceptors (Lipinski definition) is 5. The van der Waals surface area contributed by atoms with Crippen LogP contribution in [-0.2, 0) is 11.3 Å². The third-order valence-corrected chi connectivity index (χ3v) is 8.14. The van der Waals surface area contributed by atoms with Crippen LogP contribution in [0.5, 0.6) is 11.5 Å². The first-order valence-electron chi connectivity index (χ1n) is 13.0. The fourth-order valence-corrected chi connectivity index (χ4v) is 5.66. The largest absolute Gasteiger partial charge is 0.496 e. The summed E-state index contributed by atoms with van der Waals surface area (Å²) in [6, 6.07) is 9.87. The van der Waals surface area contributed by atoms with Crippen LogP contribution in [0.4, 0.5) is 5.69 Å². The lowest BCUT2D eigenvalue weighted by atomic mass is 9.84. The minimum absolute atomic E-state index is 0.0438. The lowest BCUT2D eigenvalue weighted by molar-refractivity contribution is -0.121. The van der Waals surface area contributed by atoms with Gasteiger partial charge in [-0.25, -0.2) is 0 Å². The number of amides is 2. The number of hydrogen-bond donors (Lipinski definition) is 2. The van der Waals surface area contributed by atoms with Gasteiger partial charge in [0, 0.05) is 54.3 Å². The van der Waals surface area contributed by atoms with Gasteiger partial charge in [-0.1, -0.05) is 13.0 Å². The van der Waals surface area contributed by atoms with Crippen molar-refractivity contribution in [2.45, 2.75) is 59.0 Å². The molecular formula is C29H37N3O4. The predicted molar refractivity (Wildman–Crippen MR) is 140 cm³/mol. The Bertz CT molecular complexity index is 1170. The molecule has 2 N–H and O–H groups in total. The first-order valence-corrected chi connectivity index (χ1v) is 13.0. The number of ether oxygens (including phenoxy) is 2. The van der Waals surface area contributed by atoms with Crippen LogP contribution in [0, 0.1) is 25.2 Å². The maximum Gasteiger partial charge on any atom is 0.254 e. The molecule has 36 heavy (non-hydrogen) atoms. The first-order chi connectivity index (χ1) is 17.3. The molecule has 0 spiro atoms. The molecule has 2 fully saturated rings. The third kappa shape index (κ3) is 4.81. The highest BCUT2D eigenvalue weighted by Crippen LogP contribution is 2.37. The molecule has 5 rings (SSSR count). The zero-order chi connectivity index (χ0) is 25.4. The molecule has 2 aromatic carbocycles. The molecule has 0 atom stereocenters. The van der Waals surface area contributed by atoms with Crippen LogP contribution in [0.3, 0.4) is 0 Å². The van der Waals surface area contributed by atoms with Gasteiger partial charge in [-0.3, -0.25) is 9.59 Å². The summed E-state index contributed by atoms with van der Waals surface area (Å²) < 4.78 is 11.5. The minimum atomic E-state index is -0.0438. The molecule has 0 unspecified atom stereocenters. The van der Waals surface area contributed by atoms with Crippen molar-refractivity contribution in [3.63, 3.8) is 0 Å². The number of carbonyl (C=O) groups excluding carboxylic acids is 2. The number of nitrogens with zero attached hydrogens (tertiary/aromatic N) is 1. The van der Waals surface area contributed by atoms with Crippen molar-refractivity contribution in [1.29, 1.82) is 0 Å². The summed E-state index contributed by atoms with van der Waals surface area (Å²) in [5.41, 5.74) is 4.94. The Labute approximate surface area is 213 Å². The second kappa shape index (κ2) is 9.77. The van der Waals surface area contributed by atoms with Gasteiger partial charge in [-0.2, -0.15) is 0 Å². The van der Waals surface area contributed by atoms with Crippen LogP contribution < -0.4 is 20.1 Å². The number of aryl methyl sites for hydroxylation is 2. The average molecular weight is 492 g/mol. The molecule has 2 heterocycles. The molecule has 1 saturated heterocycles. The van der Waals surface area contributed by atoms with Gasteiger partial charge in [0.1, 0.15) is 11.5 Å². The van der Waals surface area contributed by atoms with E-state index in [-0.39, 0.29) is 29.2 Å². The molecule has 0 bridgehead atoms. The van der Waals surface area contributed by atoms with E-state index in [1.54, 1.807) is 7.11 Å². The zero-order valence-corrected chi connectivity index (χ0v) is 21.8. The zero-order valence-electron chi connectivity index (χ0n) is 21.8. The van der Waals surface area contributed by atoms with Crippen molar-refractivity contribution in [2.24, 2.45) is 11.3 Å². The van der Waals surface area contributed by atoms with Crippen molar-refractivity contribution in [1.82, 2.24) is 10.2 Å². The summed E-state index contributed by atoms with van der Waals surface area (Å²) in [6.07, 6.45) is 3.23. The Morgan fingerprint density at radius 2 is 1.86 bits per heavy atom. The number of nitrogens with one attached hydrogen (secondary N) is 2. The number of fused-ring (bicyclic) bond motifs is 1. The highest BCUT2D eigenvalue weighted by atomic mass is 16.5. The van der Waals surface area contributed by atoms with Crippen LogP contribution in [0.1, 0.15) is 59.7 Å². The SMILES string of the molecule is COc1cc(NC(=O)C2CCC(N3Cc4c(C)cc(OCC5(C)CNC5)cc4C3=O)CC2)ccc1C. The van der Waals surface area contributed by atoms with Crippen LogP contribution in [0.15, 0.2) is 30.3 Å². The number of benzene rings is 2. The normalized spacial score (nSPS) is 22.6. The van der Waals surface area contributed by atoms with E-state index in [1.165, 1.54) is 0 Å². The molecular weight excluding hydrogens is 454 g/mol. The van der Waals surface area contributed by atoms with Gasteiger partial charge in [-0.15, -0.1) is 0 Å². The third-order valence-electron chi connectivity index (χ3n) is 8.14. The summed E-state index contributed by atoms with van der Waals surface area (Å²) in [4.78, 5) is 28.3. The van der Waals surface area contributed by atoms with Crippen LogP contribution in [0.25, 0.3) is 0 Å². The first kappa shape index (κ1) is 24.6. The van der Waals surface area contributed by atoms with Gasteiger partial charge in [0.25, 0.3) is 5.91 Å². The fraction of sp³-hybridized carbons (Fsp3) is 0.517. The summed E-state index contributed by atoms with van der Waals surface area (Å²) in [6.45, 7) is 9.48. The maximum atomic E-state index is 13.4. The summed E-state index contributed by atoms with van der Waals surface area (Å²) in [7, 11) is 1.63. The van der Waals surface area contributed by atoms with Gasteiger partial charge in [-0.05, 0) is 74.4 Å². The van der Waals surface area contributed by atoms with Crippen molar-refractivity contribution in [3.8, 4) is 11.5 Å². The molecule has 1 aliphatic carbocycles. The number of methoxy groups -OCH3 is 1. The second-order valence-corrected chi connectivity index (χ2v) is 11.1. The van der Waals surface area contributed by atoms with E-state index in [2.05, 4.69) is 30.5 Å². The molecule has 192 valence electrons. The average Bonchev–Trinajstić information content (AvgIpc) is 3.19. The number of anilines is 1. The minimum Gasteiger partial charge on any atom is -0.496 e. The van der Waals surface area contributed by atoms with E-state index in [4.69, 9.17) is 9.47 Å². The molecule has 7 heteroatoms. The molecule has 0 aromatic heterocycles. The second-order valence-electron chi connectivity index (χ2n) is 11.1. The Balaban J connectivity index is 1.18. The smallest absolute Gasteiger partial charge is 0.254 e. The van der Waals surface area contributed by atoms with E-state index < -0.39 is 0 Å². The van der Waals surface area contributed by atoms with E-state index >= 15 is 0 Å². The highest BCUT2D eigenvalue weighted by Gasteiger charge is 2.38. The number of carbonyl (C=O) groups is 2. The van der Waals surface area contributed by atoms with Crippen molar-refractivity contribution < 1.29 is 19.1 Å². The molecule has 2 amide bonds. The Kier molecular flexibility index (Phi) is 6.68. The number of rotatable bonds is 7. The Morgan fingerprint density at radius 1 is 1.11 bits per heavy atom. The van der Waals surface area contributed by atoms with Crippen LogP contribution in [0.2, 0.25) is 0 Å². The van der Waals surface area contributed by atoms with Gasteiger partial charge in [0.05, 0.1) is 13.7 Å². The van der Waals surface area contributed by atoms with E-state index in [0.29, 0.717) is 13.2 Å². The van der Waals surface area contributed by atoms with Gasteiger partial charge in [0.2, 0.25) is 5.91 Å². The fourth-order valence-electron chi connectivity index (χ4n) is 5.66. The van der Waals surface area contributed by atoms with Crippen LogP contribution in [-0.4, -0.2) is 49.6 Å². The summed E-state index contributed by atoms with van der Waals surface area (Å²) >= 11 is 0. The summed E-state index contributed by atoms with van der Waals surface area (Å²) in [5, 5.41) is 6.35. The van der Waals surface area contributed by atoms with Crippen molar-refractivity contribution >= 4 is 17.5 Å². The van der Waals surface area contributed by atoms with Gasteiger partial charge < -0.3 is 25.0 Å². The molecule has 7 nitrogen and oxygen atoms in total. The Hall–Kier alpha value is -3.06. The monoisotopic (exact) mass is 491 g/mol.